The maximum atomic E-state index is 10.2. The van der Waals surface area contributed by atoms with E-state index in [1.54, 1.807) is 0 Å². The first kappa shape index (κ1) is 19.3. The van der Waals surface area contributed by atoms with E-state index >= 15 is 0 Å². The third-order valence-corrected chi connectivity index (χ3v) is 2.52. The number of carbonyl (C=O) groups excluding carboxylic acids is 1. The Morgan fingerprint density at radius 2 is 1.12 bits per heavy atom. The molecular weight excluding hydrogens is 231 g/mol. The van der Waals surface area contributed by atoms with Crippen molar-refractivity contribution >= 4 is 11.9 Å². The first-order chi connectivity index (χ1) is 7.63. The maximum absolute atomic E-state index is 10.2. The molecule has 0 spiro atoms. The smallest absolute Gasteiger partial charge is 0.550 e. The van der Waals surface area contributed by atoms with E-state index in [9.17, 15) is 14.7 Å². The van der Waals surface area contributed by atoms with Gasteiger partial charge in [-0.1, -0.05) is 38.5 Å². The van der Waals surface area contributed by atoms with Crippen molar-refractivity contribution in [2.45, 2.75) is 64.2 Å². The summed E-state index contributed by atoms with van der Waals surface area (Å²) in [5, 5.41) is 18.5. The van der Waals surface area contributed by atoms with E-state index in [0.29, 0.717) is 6.42 Å². The summed E-state index contributed by atoms with van der Waals surface area (Å²) >= 11 is 0. The van der Waals surface area contributed by atoms with Crippen LogP contribution < -0.4 is 34.7 Å². The Balaban J connectivity index is 0. The summed E-state index contributed by atoms with van der Waals surface area (Å²) in [4.78, 5) is 20.3. The van der Waals surface area contributed by atoms with Gasteiger partial charge in [-0.25, -0.2) is 0 Å². The molecule has 0 aromatic rings. The Kier molecular flexibility index (Phi) is 15.9. The molecule has 5 heteroatoms. The van der Waals surface area contributed by atoms with Crippen LogP contribution in [0.5, 0.6) is 0 Å². The zero-order chi connectivity index (χ0) is 12.2. The molecule has 0 saturated heterocycles. The van der Waals surface area contributed by atoms with Gasteiger partial charge in [0.2, 0.25) is 0 Å². The van der Waals surface area contributed by atoms with Gasteiger partial charge < -0.3 is 15.0 Å². The average molecular weight is 252 g/mol. The number of rotatable bonds is 11. The second-order valence-electron chi connectivity index (χ2n) is 4.09. The summed E-state index contributed by atoms with van der Waals surface area (Å²) in [7, 11) is 0. The molecule has 0 aromatic heterocycles. The van der Waals surface area contributed by atoms with E-state index in [1.165, 1.54) is 0 Å². The number of hydrogen-bond donors (Lipinski definition) is 1. The van der Waals surface area contributed by atoms with Gasteiger partial charge in [0, 0.05) is 12.4 Å². The summed E-state index contributed by atoms with van der Waals surface area (Å²) in [6, 6.07) is 0. The molecule has 0 radical (unpaired) electrons. The molecule has 0 amide bonds. The average Bonchev–Trinajstić information content (AvgIpc) is 2.20. The molecule has 0 aliphatic carbocycles. The SMILES string of the molecule is O=C([O-])CCCCCCCCCCC(=O)O.[Na+]. The predicted molar refractivity (Wildman–Crippen MR) is 58.8 cm³/mol. The first-order valence-corrected chi connectivity index (χ1v) is 6.04. The molecule has 0 saturated carbocycles. The van der Waals surface area contributed by atoms with Crippen molar-refractivity contribution in [3.8, 4) is 0 Å². The van der Waals surface area contributed by atoms with Crippen molar-refractivity contribution < 1.29 is 49.4 Å². The molecule has 0 heterocycles. The molecular formula is C12H21NaO4. The van der Waals surface area contributed by atoms with Crippen molar-refractivity contribution in [1.82, 2.24) is 0 Å². The molecule has 0 aliphatic rings. The summed E-state index contributed by atoms with van der Waals surface area (Å²) in [5.41, 5.74) is 0. The largest absolute Gasteiger partial charge is 1.00 e. The van der Waals surface area contributed by atoms with E-state index in [-0.39, 0.29) is 42.4 Å². The topological polar surface area (TPSA) is 77.4 Å². The van der Waals surface area contributed by atoms with Gasteiger partial charge in [-0.15, -0.1) is 0 Å². The van der Waals surface area contributed by atoms with Crippen LogP contribution in [-0.4, -0.2) is 17.0 Å². The van der Waals surface area contributed by atoms with E-state index < -0.39 is 11.9 Å². The molecule has 17 heavy (non-hydrogen) atoms. The molecule has 0 unspecified atom stereocenters. The Labute approximate surface area is 125 Å². The van der Waals surface area contributed by atoms with Crippen LogP contribution >= 0.6 is 0 Å². The van der Waals surface area contributed by atoms with Crippen LogP contribution in [0.15, 0.2) is 0 Å². The number of carboxylic acids is 2. The van der Waals surface area contributed by atoms with Crippen molar-refractivity contribution in [3.63, 3.8) is 0 Å². The molecule has 0 fully saturated rings. The number of carboxylic acid groups (broad SMARTS) is 2. The molecule has 0 aliphatic heterocycles. The zero-order valence-electron chi connectivity index (χ0n) is 10.7. The van der Waals surface area contributed by atoms with Gasteiger partial charge in [-0.05, 0) is 19.3 Å². The molecule has 1 N–H and O–H groups in total. The Morgan fingerprint density at radius 1 is 0.765 bits per heavy atom. The maximum Gasteiger partial charge on any atom is 1.00 e. The molecule has 0 atom stereocenters. The van der Waals surface area contributed by atoms with E-state index in [2.05, 4.69) is 0 Å². The molecule has 0 aromatic carbocycles. The molecule has 0 bridgehead atoms. The second-order valence-corrected chi connectivity index (χ2v) is 4.09. The van der Waals surface area contributed by atoms with Crippen molar-refractivity contribution in [2.24, 2.45) is 0 Å². The summed E-state index contributed by atoms with van der Waals surface area (Å²) in [5.74, 6) is -1.68. The normalized spacial score (nSPS) is 9.65. The van der Waals surface area contributed by atoms with Crippen LogP contribution in [0.4, 0.5) is 0 Å². The van der Waals surface area contributed by atoms with Crippen LogP contribution in [0.2, 0.25) is 0 Å². The monoisotopic (exact) mass is 252 g/mol. The minimum atomic E-state index is -0.964. The summed E-state index contributed by atoms with van der Waals surface area (Å²) in [6.45, 7) is 0. The van der Waals surface area contributed by atoms with Crippen LogP contribution in [0.1, 0.15) is 64.2 Å². The van der Waals surface area contributed by atoms with Crippen LogP contribution in [0, 0.1) is 0 Å². The van der Waals surface area contributed by atoms with E-state index in [4.69, 9.17) is 5.11 Å². The van der Waals surface area contributed by atoms with Gasteiger partial charge in [0.05, 0.1) is 0 Å². The first-order valence-electron chi connectivity index (χ1n) is 6.04. The van der Waals surface area contributed by atoms with Crippen molar-refractivity contribution in [2.75, 3.05) is 0 Å². The number of aliphatic carboxylic acids is 2. The molecule has 94 valence electrons. The minimum Gasteiger partial charge on any atom is -0.550 e. The fourth-order valence-electron chi connectivity index (χ4n) is 1.61. The summed E-state index contributed by atoms with van der Waals surface area (Å²) < 4.78 is 0. The summed E-state index contributed by atoms with van der Waals surface area (Å²) in [6.07, 6.45) is 8.20. The number of unbranched alkanes of at least 4 members (excludes halogenated alkanes) is 7. The fraction of sp³-hybridized carbons (Fsp3) is 0.833. The van der Waals surface area contributed by atoms with Crippen LogP contribution in [0.3, 0.4) is 0 Å². The van der Waals surface area contributed by atoms with E-state index in [0.717, 1.165) is 44.9 Å². The van der Waals surface area contributed by atoms with Gasteiger partial charge in [0.25, 0.3) is 0 Å². The Hall–Kier alpha value is -0.0600. The molecule has 0 rings (SSSR count). The number of carbonyl (C=O) groups is 2. The van der Waals surface area contributed by atoms with Crippen molar-refractivity contribution in [3.05, 3.63) is 0 Å². The van der Waals surface area contributed by atoms with Gasteiger partial charge in [-0.3, -0.25) is 4.79 Å². The zero-order valence-corrected chi connectivity index (χ0v) is 12.7. The van der Waals surface area contributed by atoms with Gasteiger partial charge in [0.15, 0.2) is 0 Å². The van der Waals surface area contributed by atoms with Crippen LogP contribution in [-0.2, 0) is 9.59 Å². The fourth-order valence-corrected chi connectivity index (χ4v) is 1.61. The number of hydrogen-bond acceptors (Lipinski definition) is 3. The quantitative estimate of drug-likeness (QED) is 0.367. The standard InChI is InChI=1S/C12H22O4.Na/c13-11(14)9-7-5-3-1-2-4-6-8-10-12(15)16;/h1-10H2,(H,13,14)(H,15,16);/q;+1/p-1. The van der Waals surface area contributed by atoms with E-state index in [1.807, 2.05) is 0 Å². The van der Waals surface area contributed by atoms with Gasteiger partial charge in [-0.2, -0.15) is 0 Å². The minimum absolute atomic E-state index is 0. The van der Waals surface area contributed by atoms with Crippen LogP contribution in [0.25, 0.3) is 0 Å². The van der Waals surface area contributed by atoms with Gasteiger partial charge >= 0.3 is 35.5 Å². The second kappa shape index (κ2) is 14.0. The Bertz CT molecular complexity index is 185. The van der Waals surface area contributed by atoms with Gasteiger partial charge in [0.1, 0.15) is 0 Å². The Morgan fingerprint density at radius 3 is 1.47 bits per heavy atom. The third kappa shape index (κ3) is 18.5. The van der Waals surface area contributed by atoms with Crippen molar-refractivity contribution in [1.29, 1.82) is 0 Å². The predicted octanol–water partition coefficient (Wildman–Crippen LogP) is -1.27. The molecule has 4 nitrogen and oxygen atoms in total. The third-order valence-electron chi connectivity index (χ3n) is 2.52.